The molecule has 7 heteroatoms. The van der Waals surface area contributed by atoms with Crippen LogP contribution in [0.4, 0.5) is 0 Å². The van der Waals surface area contributed by atoms with E-state index in [1.807, 2.05) is 42.6 Å². The molecule has 1 aromatic heterocycles. The molecule has 6 nitrogen and oxygen atoms in total. The van der Waals surface area contributed by atoms with Crippen LogP contribution in [0.1, 0.15) is 21.6 Å². The molecule has 3 rings (SSSR count). The second-order valence-electron chi connectivity index (χ2n) is 7.08. The highest BCUT2D eigenvalue weighted by Crippen LogP contribution is 2.24. The number of carbonyl (C=O) groups is 1. The van der Waals surface area contributed by atoms with Gasteiger partial charge in [-0.05, 0) is 42.0 Å². The summed E-state index contributed by atoms with van der Waals surface area (Å²) in [4.78, 5) is 15.1. The van der Waals surface area contributed by atoms with Crippen molar-refractivity contribution in [2.45, 2.75) is 13.1 Å². The van der Waals surface area contributed by atoms with Crippen molar-refractivity contribution in [1.29, 1.82) is 0 Å². The Bertz CT molecular complexity index is 996. The Hall–Kier alpha value is -2.96. The maximum atomic E-state index is 13.4. The third-order valence-corrected chi connectivity index (χ3v) is 5.20. The zero-order valence-electron chi connectivity index (χ0n) is 18.0. The monoisotopic (exact) mass is 442 g/mol. The van der Waals surface area contributed by atoms with Crippen LogP contribution >= 0.6 is 11.6 Å². The van der Waals surface area contributed by atoms with Crippen LogP contribution in [0.15, 0.2) is 60.8 Å². The average Bonchev–Trinajstić information content (AvgIpc) is 3.22. The lowest BCUT2D eigenvalue weighted by Gasteiger charge is -2.24. The Labute approximate surface area is 187 Å². The van der Waals surface area contributed by atoms with Crippen molar-refractivity contribution < 1.29 is 19.0 Å². The van der Waals surface area contributed by atoms with E-state index < -0.39 is 0 Å². The Morgan fingerprint density at radius 3 is 2.39 bits per heavy atom. The van der Waals surface area contributed by atoms with Crippen LogP contribution in [-0.2, 0) is 17.8 Å². The topological polar surface area (TPSA) is 52.9 Å². The van der Waals surface area contributed by atoms with Crippen LogP contribution in [0.3, 0.4) is 0 Å². The number of amides is 1. The van der Waals surface area contributed by atoms with Crippen molar-refractivity contribution in [2.24, 2.45) is 0 Å². The lowest BCUT2D eigenvalue weighted by atomic mass is 10.1. The Morgan fingerprint density at radius 1 is 1.00 bits per heavy atom. The predicted octanol–water partition coefficient (Wildman–Crippen LogP) is 4.50. The zero-order chi connectivity index (χ0) is 22.2. The number of benzene rings is 2. The standard InChI is InChI=1S/C24H27ClN2O4/c1-29-11-10-27(24(28)19-13-22(30-2)15-23(14-19)31-3)17-21-8-5-9-26(21)16-18-6-4-7-20(25)12-18/h4-9,12-15H,10-11,16-17H2,1-3H3. The minimum Gasteiger partial charge on any atom is -0.497 e. The molecule has 1 amide bonds. The fourth-order valence-corrected chi connectivity index (χ4v) is 3.56. The number of hydrogen-bond donors (Lipinski definition) is 0. The summed E-state index contributed by atoms with van der Waals surface area (Å²) in [6, 6.07) is 16.9. The summed E-state index contributed by atoms with van der Waals surface area (Å²) in [7, 11) is 4.75. The van der Waals surface area contributed by atoms with E-state index in [9.17, 15) is 4.79 Å². The SMILES string of the molecule is COCCN(Cc1cccn1Cc1cccc(Cl)c1)C(=O)c1cc(OC)cc(OC)c1. The number of hydrogen-bond acceptors (Lipinski definition) is 4. The van der Waals surface area contributed by atoms with Gasteiger partial charge in [0.15, 0.2) is 0 Å². The molecule has 0 N–H and O–H groups in total. The first-order chi connectivity index (χ1) is 15.0. The van der Waals surface area contributed by atoms with E-state index in [0.717, 1.165) is 11.3 Å². The van der Waals surface area contributed by atoms with Gasteiger partial charge in [-0.3, -0.25) is 4.79 Å². The first-order valence-corrected chi connectivity index (χ1v) is 10.3. The molecule has 3 aromatic rings. The fraction of sp³-hybridized carbons (Fsp3) is 0.292. The van der Waals surface area contributed by atoms with Gasteiger partial charge in [-0.2, -0.15) is 0 Å². The molecule has 0 aliphatic heterocycles. The molecule has 0 fully saturated rings. The second-order valence-corrected chi connectivity index (χ2v) is 7.51. The predicted molar refractivity (Wildman–Crippen MR) is 121 cm³/mol. The highest BCUT2D eigenvalue weighted by molar-refractivity contribution is 6.30. The van der Waals surface area contributed by atoms with Crippen LogP contribution in [0.2, 0.25) is 5.02 Å². The molecule has 0 aliphatic carbocycles. The van der Waals surface area contributed by atoms with Crippen molar-refractivity contribution in [3.8, 4) is 11.5 Å². The van der Waals surface area contributed by atoms with E-state index in [4.69, 9.17) is 25.8 Å². The molecule has 0 spiro atoms. The number of carbonyl (C=O) groups excluding carboxylic acids is 1. The lowest BCUT2D eigenvalue weighted by molar-refractivity contribution is 0.0675. The van der Waals surface area contributed by atoms with Gasteiger partial charge in [-0.25, -0.2) is 0 Å². The smallest absolute Gasteiger partial charge is 0.254 e. The van der Waals surface area contributed by atoms with Crippen molar-refractivity contribution in [3.05, 3.63) is 82.6 Å². The molecule has 164 valence electrons. The summed E-state index contributed by atoms with van der Waals surface area (Å²) in [6.07, 6.45) is 2.00. The summed E-state index contributed by atoms with van der Waals surface area (Å²) in [5.41, 5.74) is 2.61. The van der Waals surface area contributed by atoms with Crippen LogP contribution in [0.5, 0.6) is 11.5 Å². The first-order valence-electron chi connectivity index (χ1n) is 9.93. The molecular weight excluding hydrogens is 416 g/mol. The maximum absolute atomic E-state index is 13.4. The number of aromatic nitrogens is 1. The van der Waals surface area contributed by atoms with Crippen LogP contribution in [-0.4, -0.2) is 49.9 Å². The van der Waals surface area contributed by atoms with E-state index >= 15 is 0 Å². The normalized spacial score (nSPS) is 10.7. The molecule has 0 aliphatic rings. The Balaban J connectivity index is 1.84. The highest BCUT2D eigenvalue weighted by Gasteiger charge is 2.19. The molecule has 1 heterocycles. The van der Waals surface area contributed by atoms with Gasteiger partial charge in [0.25, 0.3) is 5.91 Å². The number of rotatable bonds is 10. The molecule has 0 unspecified atom stereocenters. The van der Waals surface area contributed by atoms with E-state index in [2.05, 4.69) is 4.57 Å². The van der Waals surface area contributed by atoms with Gasteiger partial charge in [-0.15, -0.1) is 0 Å². The number of methoxy groups -OCH3 is 3. The number of ether oxygens (including phenoxy) is 3. The minimum absolute atomic E-state index is 0.121. The highest BCUT2D eigenvalue weighted by atomic mass is 35.5. The zero-order valence-corrected chi connectivity index (χ0v) is 18.8. The fourth-order valence-electron chi connectivity index (χ4n) is 3.34. The van der Waals surface area contributed by atoms with Crippen molar-refractivity contribution in [2.75, 3.05) is 34.5 Å². The van der Waals surface area contributed by atoms with Gasteiger partial charge < -0.3 is 23.7 Å². The molecule has 0 saturated carbocycles. The van der Waals surface area contributed by atoms with E-state index in [0.29, 0.717) is 48.3 Å². The van der Waals surface area contributed by atoms with E-state index in [-0.39, 0.29) is 5.91 Å². The Morgan fingerprint density at radius 2 is 1.74 bits per heavy atom. The maximum Gasteiger partial charge on any atom is 0.254 e. The molecule has 31 heavy (non-hydrogen) atoms. The van der Waals surface area contributed by atoms with E-state index in [1.54, 1.807) is 44.4 Å². The first kappa shape index (κ1) is 22.7. The minimum atomic E-state index is -0.121. The lowest BCUT2D eigenvalue weighted by Crippen LogP contribution is -2.34. The van der Waals surface area contributed by atoms with Gasteiger partial charge in [0.05, 0.1) is 27.4 Å². The average molecular weight is 443 g/mol. The summed E-state index contributed by atoms with van der Waals surface area (Å²) < 4.78 is 18.0. The van der Waals surface area contributed by atoms with Crippen molar-refractivity contribution in [3.63, 3.8) is 0 Å². The van der Waals surface area contributed by atoms with Gasteiger partial charge in [0.2, 0.25) is 0 Å². The third kappa shape index (κ3) is 6.03. The summed E-state index contributed by atoms with van der Waals surface area (Å²) in [5.74, 6) is 1.02. The number of nitrogens with zero attached hydrogens (tertiary/aromatic N) is 2. The van der Waals surface area contributed by atoms with Crippen molar-refractivity contribution >= 4 is 17.5 Å². The van der Waals surface area contributed by atoms with Gasteiger partial charge in [-0.1, -0.05) is 23.7 Å². The molecule has 2 aromatic carbocycles. The molecular formula is C24H27ClN2O4. The largest absolute Gasteiger partial charge is 0.497 e. The molecule has 0 radical (unpaired) electrons. The summed E-state index contributed by atoms with van der Waals surface area (Å²) in [6.45, 7) is 2.00. The second kappa shape index (κ2) is 10.9. The Kier molecular flexibility index (Phi) is 7.98. The van der Waals surface area contributed by atoms with Gasteiger partial charge in [0.1, 0.15) is 11.5 Å². The summed E-state index contributed by atoms with van der Waals surface area (Å²) in [5, 5.41) is 0.704. The number of halogens is 1. The van der Waals surface area contributed by atoms with Crippen LogP contribution in [0.25, 0.3) is 0 Å². The van der Waals surface area contributed by atoms with Gasteiger partial charge >= 0.3 is 0 Å². The quantitative estimate of drug-likeness (QED) is 0.464. The molecule has 0 atom stereocenters. The van der Waals surface area contributed by atoms with Crippen LogP contribution < -0.4 is 9.47 Å². The summed E-state index contributed by atoms with van der Waals surface area (Å²) >= 11 is 6.13. The third-order valence-electron chi connectivity index (χ3n) is 4.97. The van der Waals surface area contributed by atoms with Crippen LogP contribution in [0, 0.1) is 0 Å². The van der Waals surface area contributed by atoms with Crippen molar-refractivity contribution in [1.82, 2.24) is 9.47 Å². The molecule has 0 saturated heterocycles. The van der Waals surface area contributed by atoms with E-state index in [1.165, 1.54) is 0 Å². The molecule has 0 bridgehead atoms. The van der Waals surface area contributed by atoms with Gasteiger partial charge in [0, 0.05) is 48.7 Å².